The van der Waals surface area contributed by atoms with Crippen LogP contribution in [0.3, 0.4) is 0 Å². The van der Waals surface area contributed by atoms with E-state index in [-0.39, 0.29) is 22.6 Å². The first-order chi connectivity index (χ1) is 16.3. The Morgan fingerprint density at radius 3 is 2.47 bits per heavy atom. The maximum atomic E-state index is 12.6. The molecule has 0 spiro atoms. The minimum Gasteiger partial charge on any atom is -0.484 e. The number of amides is 2. The first-order valence-corrected chi connectivity index (χ1v) is 13.1. The normalized spacial score (nSPS) is 13.5. The van der Waals surface area contributed by atoms with Gasteiger partial charge in [0.1, 0.15) is 9.96 Å². The van der Waals surface area contributed by atoms with E-state index < -0.39 is 10.0 Å². The summed E-state index contributed by atoms with van der Waals surface area (Å²) in [6.07, 6.45) is 2.03. The van der Waals surface area contributed by atoms with Crippen molar-refractivity contribution in [3.63, 3.8) is 0 Å². The lowest BCUT2D eigenvalue weighted by Crippen LogP contribution is -2.27. The first-order valence-electron chi connectivity index (χ1n) is 10.8. The van der Waals surface area contributed by atoms with Gasteiger partial charge in [-0.05, 0) is 66.8 Å². The van der Waals surface area contributed by atoms with Crippen molar-refractivity contribution in [1.29, 1.82) is 0 Å². The first kappa shape index (κ1) is 23.8. The van der Waals surface area contributed by atoms with Crippen LogP contribution in [0.1, 0.15) is 23.2 Å². The number of likely N-dealkylation sites (tertiary alicyclic amines) is 1. The Morgan fingerprint density at radius 1 is 1.06 bits per heavy atom. The smallest absolute Gasteiger partial charge is 0.273 e. The van der Waals surface area contributed by atoms with Crippen LogP contribution < -0.4 is 14.4 Å². The highest BCUT2D eigenvalue weighted by Crippen LogP contribution is 2.26. The lowest BCUT2D eigenvalue weighted by atomic mass is 10.1. The van der Waals surface area contributed by atoms with E-state index in [0.717, 1.165) is 37.3 Å². The predicted molar refractivity (Wildman–Crippen MR) is 132 cm³/mol. The molecule has 0 aliphatic carbocycles. The van der Waals surface area contributed by atoms with Crippen LogP contribution in [0.5, 0.6) is 5.75 Å². The van der Waals surface area contributed by atoms with Crippen molar-refractivity contribution in [2.75, 3.05) is 36.4 Å². The molecule has 2 amide bonds. The van der Waals surface area contributed by atoms with E-state index in [4.69, 9.17) is 4.74 Å². The SMILES string of the molecule is CN(c1ccc(OCC(=O)Nc2cccc(C(=O)N3CCCC3)c2)cc1)S(=O)(=O)c1cccs1. The van der Waals surface area contributed by atoms with Crippen LogP contribution in [-0.2, 0) is 14.8 Å². The molecule has 1 aliphatic rings. The topological polar surface area (TPSA) is 96.0 Å². The highest BCUT2D eigenvalue weighted by Gasteiger charge is 2.22. The van der Waals surface area contributed by atoms with E-state index in [1.54, 1.807) is 66.0 Å². The Balaban J connectivity index is 1.32. The van der Waals surface area contributed by atoms with Crippen molar-refractivity contribution < 1.29 is 22.7 Å². The molecule has 0 unspecified atom stereocenters. The lowest BCUT2D eigenvalue weighted by molar-refractivity contribution is -0.118. The van der Waals surface area contributed by atoms with Crippen molar-refractivity contribution >= 4 is 44.5 Å². The Morgan fingerprint density at radius 2 is 1.79 bits per heavy atom. The fourth-order valence-corrected chi connectivity index (χ4v) is 5.97. The van der Waals surface area contributed by atoms with Gasteiger partial charge in [0, 0.05) is 31.4 Å². The van der Waals surface area contributed by atoms with Gasteiger partial charge in [-0.2, -0.15) is 0 Å². The molecule has 0 saturated carbocycles. The minimum atomic E-state index is -3.62. The number of thiophene rings is 1. The molecule has 10 heteroatoms. The number of sulfonamides is 1. The van der Waals surface area contributed by atoms with E-state index in [2.05, 4.69) is 5.32 Å². The minimum absolute atomic E-state index is 0.0315. The molecule has 3 aromatic rings. The summed E-state index contributed by atoms with van der Waals surface area (Å²) in [5.41, 5.74) is 1.54. The van der Waals surface area contributed by atoms with Crippen LogP contribution in [-0.4, -0.2) is 51.9 Å². The van der Waals surface area contributed by atoms with Crippen molar-refractivity contribution in [1.82, 2.24) is 4.90 Å². The van der Waals surface area contributed by atoms with Gasteiger partial charge in [-0.15, -0.1) is 11.3 Å². The second kappa shape index (κ2) is 10.3. The molecule has 2 aromatic carbocycles. The highest BCUT2D eigenvalue weighted by atomic mass is 32.2. The van der Waals surface area contributed by atoms with Crippen LogP contribution in [0.2, 0.25) is 0 Å². The highest BCUT2D eigenvalue weighted by molar-refractivity contribution is 7.94. The number of carbonyl (C=O) groups excluding carboxylic acids is 2. The van der Waals surface area contributed by atoms with E-state index in [9.17, 15) is 18.0 Å². The second-order valence-corrected chi connectivity index (χ2v) is 11.0. The summed E-state index contributed by atoms with van der Waals surface area (Å²) in [4.78, 5) is 26.7. The van der Waals surface area contributed by atoms with Gasteiger partial charge in [-0.3, -0.25) is 13.9 Å². The molecule has 178 valence electrons. The third-order valence-electron chi connectivity index (χ3n) is 5.47. The third kappa shape index (κ3) is 5.40. The number of hydrogen-bond donors (Lipinski definition) is 1. The molecule has 1 N–H and O–H groups in total. The van der Waals surface area contributed by atoms with Crippen LogP contribution in [0.4, 0.5) is 11.4 Å². The van der Waals surface area contributed by atoms with E-state index in [1.165, 1.54) is 11.4 Å². The zero-order chi connectivity index (χ0) is 24.1. The Labute approximate surface area is 202 Å². The van der Waals surface area contributed by atoms with Crippen molar-refractivity contribution in [3.8, 4) is 5.75 Å². The third-order valence-corrected chi connectivity index (χ3v) is 8.63. The maximum Gasteiger partial charge on any atom is 0.273 e. The largest absolute Gasteiger partial charge is 0.484 e. The van der Waals surface area contributed by atoms with E-state index in [1.807, 2.05) is 4.90 Å². The van der Waals surface area contributed by atoms with Crippen molar-refractivity contribution in [2.45, 2.75) is 17.1 Å². The fourth-order valence-electron chi connectivity index (χ4n) is 3.62. The van der Waals surface area contributed by atoms with Gasteiger partial charge in [-0.25, -0.2) is 8.42 Å². The molecule has 1 aliphatic heterocycles. The number of ether oxygens (including phenoxy) is 1. The molecule has 2 heterocycles. The quantitative estimate of drug-likeness (QED) is 0.508. The molecule has 4 rings (SSSR count). The van der Waals surface area contributed by atoms with Gasteiger partial charge >= 0.3 is 0 Å². The average Bonchev–Trinajstić information content (AvgIpc) is 3.57. The zero-order valence-corrected chi connectivity index (χ0v) is 20.3. The molecule has 1 saturated heterocycles. The maximum absolute atomic E-state index is 12.6. The molecular formula is C24H25N3O5S2. The van der Waals surface area contributed by atoms with E-state index in [0.29, 0.717) is 22.7 Å². The number of carbonyl (C=O) groups is 2. The Hall–Kier alpha value is -3.37. The van der Waals surface area contributed by atoms with Crippen LogP contribution >= 0.6 is 11.3 Å². The molecular weight excluding hydrogens is 474 g/mol. The van der Waals surface area contributed by atoms with Crippen LogP contribution in [0.25, 0.3) is 0 Å². The molecule has 0 radical (unpaired) electrons. The zero-order valence-electron chi connectivity index (χ0n) is 18.6. The van der Waals surface area contributed by atoms with Gasteiger partial charge in [0.25, 0.3) is 21.8 Å². The second-order valence-electron chi connectivity index (χ2n) is 7.82. The number of hydrogen-bond acceptors (Lipinski definition) is 6. The van der Waals surface area contributed by atoms with Gasteiger partial charge in [0.05, 0.1) is 5.69 Å². The summed E-state index contributed by atoms with van der Waals surface area (Å²) in [5.74, 6) is 0.0297. The number of nitrogens with one attached hydrogen (secondary N) is 1. The summed E-state index contributed by atoms with van der Waals surface area (Å²) >= 11 is 1.16. The summed E-state index contributed by atoms with van der Waals surface area (Å²) in [5, 5.41) is 4.45. The summed E-state index contributed by atoms with van der Waals surface area (Å²) in [6, 6.07) is 16.6. The van der Waals surface area contributed by atoms with Gasteiger partial charge < -0.3 is 15.0 Å². The molecule has 0 bridgehead atoms. The summed E-state index contributed by atoms with van der Waals surface area (Å²) < 4.78 is 32.3. The number of benzene rings is 2. The van der Waals surface area contributed by atoms with E-state index >= 15 is 0 Å². The fraction of sp³-hybridized carbons (Fsp3) is 0.250. The Bertz CT molecular complexity index is 1250. The van der Waals surface area contributed by atoms with Gasteiger partial charge in [0.15, 0.2) is 6.61 Å². The van der Waals surface area contributed by atoms with Crippen molar-refractivity contribution in [3.05, 3.63) is 71.6 Å². The standard InChI is InChI=1S/C24H25N3O5S2/c1-26(34(30,31)23-8-5-15-33-23)20-9-11-21(12-10-20)32-17-22(28)25-19-7-4-6-18(16-19)24(29)27-13-2-3-14-27/h4-12,15-16H,2-3,13-14,17H2,1H3,(H,25,28). The molecule has 0 atom stereocenters. The number of nitrogens with zero attached hydrogens (tertiary/aromatic N) is 2. The van der Waals surface area contributed by atoms with Gasteiger partial charge in [0.2, 0.25) is 0 Å². The number of anilines is 2. The van der Waals surface area contributed by atoms with Gasteiger partial charge in [-0.1, -0.05) is 12.1 Å². The van der Waals surface area contributed by atoms with Crippen LogP contribution in [0.15, 0.2) is 70.3 Å². The molecule has 1 aromatic heterocycles. The lowest BCUT2D eigenvalue weighted by Gasteiger charge is -2.18. The van der Waals surface area contributed by atoms with Crippen molar-refractivity contribution in [2.24, 2.45) is 0 Å². The molecule has 1 fully saturated rings. The average molecular weight is 500 g/mol. The summed E-state index contributed by atoms with van der Waals surface area (Å²) in [6.45, 7) is 1.29. The predicted octanol–water partition coefficient (Wildman–Crippen LogP) is 3.83. The molecule has 34 heavy (non-hydrogen) atoms. The Kier molecular flexibility index (Phi) is 7.18. The monoisotopic (exact) mass is 499 g/mol. The molecule has 8 nitrogen and oxygen atoms in total. The number of rotatable bonds is 8. The summed E-state index contributed by atoms with van der Waals surface area (Å²) in [7, 11) is -2.13. The van der Waals surface area contributed by atoms with Crippen LogP contribution in [0, 0.1) is 0 Å².